The Bertz CT molecular complexity index is 1020. The first-order chi connectivity index (χ1) is 15.1. The van der Waals surface area contributed by atoms with Gasteiger partial charge in [-0.15, -0.1) is 0 Å². The van der Waals surface area contributed by atoms with Crippen molar-refractivity contribution < 1.29 is 44.3 Å². The first kappa shape index (κ1) is 25.7. The van der Waals surface area contributed by atoms with Gasteiger partial charge in [0.15, 0.2) is 0 Å². The van der Waals surface area contributed by atoms with E-state index in [9.17, 15) is 9.90 Å². The second-order valence-corrected chi connectivity index (χ2v) is 7.31. The SMILES string of the molecule is CCC(=NOCCN(C)c1cccc(CC(=O)[O-])c1)c1ccc(-c2ccccc2)cc1.[Na+]. The summed E-state index contributed by atoms with van der Waals surface area (Å²) in [7, 11) is 1.94. The predicted octanol–water partition coefficient (Wildman–Crippen LogP) is 0.917. The normalized spacial score (nSPS) is 10.9. The van der Waals surface area contributed by atoms with Crippen LogP contribution in [0.4, 0.5) is 5.69 Å². The van der Waals surface area contributed by atoms with Gasteiger partial charge >= 0.3 is 29.6 Å². The van der Waals surface area contributed by atoms with E-state index in [0.29, 0.717) is 13.2 Å². The molecule has 5 nitrogen and oxygen atoms in total. The molecule has 0 saturated heterocycles. The Balaban J connectivity index is 0.00000363. The first-order valence-electron chi connectivity index (χ1n) is 10.4. The van der Waals surface area contributed by atoms with Gasteiger partial charge in [-0.05, 0) is 40.8 Å². The summed E-state index contributed by atoms with van der Waals surface area (Å²) in [5.41, 5.74) is 5.95. The van der Waals surface area contributed by atoms with Crippen molar-refractivity contribution in [2.75, 3.05) is 25.1 Å². The number of hydrogen-bond donors (Lipinski definition) is 0. The molecule has 32 heavy (non-hydrogen) atoms. The van der Waals surface area contributed by atoms with E-state index in [0.717, 1.165) is 28.9 Å². The topological polar surface area (TPSA) is 65.0 Å². The standard InChI is InChI=1S/C26H28N2O3.Na/c1-3-25(23-14-12-22(13-15-23)21-9-5-4-6-10-21)27-31-17-16-28(2)24-11-7-8-20(18-24)19-26(29)30;/h4-15,18H,3,16-17,19H2,1-2H3,(H,29,30);/q;+1/p-1. The number of carboxylic acids is 1. The largest absolute Gasteiger partial charge is 1.00 e. The molecule has 0 aromatic heterocycles. The van der Waals surface area contributed by atoms with Crippen molar-refractivity contribution in [1.82, 2.24) is 0 Å². The van der Waals surface area contributed by atoms with Crippen molar-refractivity contribution in [1.29, 1.82) is 0 Å². The third-order valence-corrected chi connectivity index (χ3v) is 5.05. The van der Waals surface area contributed by atoms with Crippen LogP contribution in [0, 0.1) is 0 Å². The minimum atomic E-state index is -1.08. The summed E-state index contributed by atoms with van der Waals surface area (Å²) in [4.78, 5) is 18.4. The Morgan fingerprint density at radius 1 is 0.969 bits per heavy atom. The number of carbonyl (C=O) groups excluding carboxylic acids is 1. The van der Waals surface area contributed by atoms with E-state index in [1.54, 1.807) is 6.07 Å². The molecule has 0 fully saturated rings. The van der Waals surface area contributed by atoms with Crippen LogP contribution in [0.5, 0.6) is 0 Å². The van der Waals surface area contributed by atoms with E-state index in [4.69, 9.17) is 4.84 Å². The van der Waals surface area contributed by atoms with Gasteiger partial charge in [0.05, 0.1) is 12.3 Å². The number of likely N-dealkylation sites (N-methyl/N-ethyl adjacent to an activating group) is 1. The molecule has 0 aliphatic rings. The number of nitrogens with zero attached hydrogens (tertiary/aromatic N) is 2. The quantitative estimate of drug-likeness (QED) is 0.204. The van der Waals surface area contributed by atoms with Crippen molar-refractivity contribution in [2.24, 2.45) is 5.16 Å². The van der Waals surface area contributed by atoms with E-state index < -0.39 is 5.97 Å². The first-order valence-corrected chi connectivity index (χ1v) is 10.4. The van der Waals surface area contributed by atoms with Gasteiger partial charge in [0, 0.05) is 25.1 Å². The van der Waals surface area contributed by atoms with E-state index >= 15 is 0 Å². The number of hydrogen-bond acceptors (Lipinski definition) is 5. The van der Waals surface area contributed by atoms with Gasteiger partial charge in [-0.1, -0.05) is 78.8 Å². The molecule has 3 aromatic carbocycles. The second-order valence-electron chi connectivity index (χ2n) is 7.31. The number of oxime groups is 1. The van der Waals surface area contributed by atoms with Crippen LogP contribution in [0.25, 0.3) is 11.1 Å². The minimum absolute atomic E-state index is 0. The van der Waals surface area contributed by atoms with Crippen molar-refractivity contribution >= 4 is 17.4 Å². The summed E-state index contributed by atoms with van der Waals surface area (Å²) in [6, 6.07) is 26.0. The van der Waals surface area contributed by atoms with Crippen LogP contribution >= 0.6 is 0 Å². The summed E-state index contributed by atoms with van der Waals surface area (Å²) < 4.78 is 0. The predicted molar refractivity (Wildman–Crippen MR) is 123 cm³/mol. The van der Waals surface area contributed by atoms with Crippen molar-refractivity contribution in [2.45, 2.75) is 19.8 Å². The molecular weight excluding hydrogens is 411 g/mol. The molecule has 160 valence electrons. The minimum Gasteiger partial charge on any atom is -0.550 e. The molecule has 0 aliphatic heterocycles. The molecule has 0 bridgehead atoms. The zero-order valence-electron chi connectivity index (χ0n) is 19.0. The molecule has 0 heterocycles. The van der Waals surface area contributed by atoms with Gasteiger partial charge < -0.3 is 19.6 Å². The van der Waals surface area contributed by atoms with Gasteiger partial charge in [0.1, 0.15) is 6.61 Å². The summed E-state index contributed by atoms with van der Waals surface area (Å²) in [5, 5.41) is 15.1. The Hall–Kier alpha value is -2.60. The molecule has 0 spiro atoms. The molecule has 0 aliphatic carbocycles. The molecular formula is C26H27N2NaO3. The molecule has 0 N–H and O–H groups in total. The van der Waals surface area contributed by atoms with Crippen LogP contribution in [0.1, 0.15) is 24.5 Å². The maximum atomic E-state index is 10.8. The molecule has 0 radical (unpaired) electrons. The van der Waals surface area contributed by atoms with Crippen LogP contribution in [0.2, 0.25) is 0 Å². The van der Waals surface area contributed by atoms with Gasteiger partial charge in [-0.25, -0.2) is 0 Å². The van der Waals surface area contributed by atoms with Crippen LogP contribution in [0.3, 0.4) is 0 Å². The van der Waals surface area contributed by atoms with Crippen LogP contribution in [0.15, 0.2) is 84.0 Å². The van der Waals surface area contributed by atoms with Crippen molar-refractivity contribution in [3.05, 3.63) is 90.0 Å². The Kier molecular flexibility index (Phi) is 10.5. The fraction of sp³-hybridized carbons (Fsp3) is 0.231. The summed E-state index contributed by atoms with van der Waals surface area (Å²) in [6.45, 7) is 3.11. The molecule has 0 unspecified atom stereocenters. The van der Waals surface area contributed by atoms with Crippen LogP contribution < -0.4 is 39.6 Å². The fourth-order valence-electron chi connectivity index (χ4n) is 3.31. The summed E-state index contributed by atoms with van der Waals surface area (Å²) >= 11 is 0. The Morgan fingerprint density at radius 3 is 2.31 bits per heavy atom. The third kappa shape index (κ3) is 7.52. The smallest absolute Gasteiger partial charge is 0.550 e. The Morgan fingerprint density at radius 2 is 1.66 bits per heavy atom. The number of anilines is 1. The maximum absolute atomic E-state index is 10.8. The Labute approximate surface area is 212 Å². The van der Waals surface area contributed by atoms with Gasteiger partial charge in [-0.3, -0.25) is 0 Å². The number of aliphatic carboxylic acids is 1. The fourth-order valence-corrected chi connectivity index (χ4v) is 3.31. The van der Waals surface area contributed by atoms with Gasteiger partial charge in [0.25, 0.3) is 0 Å². The molecule has 0 atom stereocenters. The molecule has 0 amide bonds. The molecule has 0 saturated carbocycles. The van der Waals surface area contributed by atoms with E-state index in [1.165, 1.54) is 11.1 Å². The zero-order valence-corrected chi connectivity index (χ0v) is 21.0. The van der Waals surface area contributed by atoms with Crippen LogP contribution in [-0.4, -0.2) is 31.9 Å². The van der Waals surface area contributed by atoms with E-state index in [1.807, 2.05) is 48.3 Å². The average Bonchev–Trinajstić information content (AvgIpc) is 2.79. The zero-order chi connectivity index (χ0) is 22.1. The van der Waals surface area contributed by atoms with E-state index in [2.05, 4.69) is 48.5 Å². The van der Waals surface area contributed by atoms with Crippen molar-refractivity contribution in [3.8, 4) is 11.1 Å². The maximum Gasteiger partial charge on any atom is 1.00 e. The van der Waals surface area contributed by atoms with Gasteiger partial charge in [0.2, 0.25) is 0 Å². The number of benzene rings is 3. The monoisotopic (exact) mass is 438 g/mol. The van der Waals surface area contributed by atoms with Crippen molar-refractivity contribution in [3.63, 3.8) is 0 Å². The summed E-state index contributed by atoms with van der Waals surface area (Å²) in [6.07, 6.45) is 0.678. The second kappa shape index (κ2) is 13.1. The van der Waals surface area contributed by atoms with Gasteiger partial charge in [-0.2, -0.15) is 0 Å². The number of carbonyl (C=O) groups is 1. The summed E-state index contributed by atoms with van der Waals surface area (Å²) in [5.74, 6) is -1.08. The third-order valence-electron chi connectivity index (χ3n) is 5.05. The van der Waals surface area contributed by atoms with E-state index in [-0.39, 0.29) is 36.0 Å². The molecule has 3 rings (SSSR count). The molecule has 6 heteroatoms. The average molecular weight is 439 g/mol. The molecule has 3 aromatic rings. The van der Waals surface area contributed by atoms with Crippen LogP contribution in [-0.2, 0) is 16.1 Å². The number of carboxylic acid groups (broad SMARTS) is 1. The number of rotatable bonds is 10.